The van der Waals surface area contributed by atoms with Crippen molar-refractivity contribution in [1.82, 2.24) is 4.90 Å². The first kappa shape index (κ1) is 21.4. The molecule has 3 aliphatic rings. The second-order valence-electron chi connectivity index (χ2n) is 10.7. The van der Waals surface area contributed by atoms with Gasteiger partial charge >= 0.3 is 6.09 Å². The molecule has 6 rings (SSSR count). The number of carbonyl (C=O) groups excluding carboxylic acids is 1. The topological polar surface area (TPSA) is 49.8 Å². The van der Waals surface area contributed by atoms with Gasteiger partial charge in [0.05, 0.1) is 5.60 Å². The van der Waals surface area contributed by atoms with E-state index in [1.54, 1.807) is 0 Å². The molecule has 2 fully saturated rings. The van der Waals surface area contributed by atoms with Crippen LogP contribution in [0.2, 0.25) is 0 Å². The summed E-state index contributed by atoms with van der Waals surface area (Å²) >= 11 is 0. The minimum atomic E-state index is -0.929. The van der Waals surface area contributed by atoms with Gasteiger partial charge in [-0.15, -0.1) is 0 Å². The highest BCUT2D eigenvalue weighted by Gasteiger charge is 2.51. The van der Waals surface area contributed by atoms with Crippen molar-refractivity contribution in [2.75, 3.05) is 0 Å². The van der Waals surface area contributed by atoms with Gasteiger partial charge in [0.15, 0.2) is 0 Å². The van der Waals surface area contributed by atoms with E-state index in [4.69, 9.17) is 4.74 Å². The third-order valence-electron chi connectivity index (χ3n) is 8.30. The monoisotopic (exact) mass is 453 g/mol. The average Bonchev–Trinajstić information content (AvgIpc) is 3.26. The number of carbonyl (C=O) groups is 1. The Bertz CT molecular complexity index is 1230. The average molecular weight is 454 g/mol. The highest BCUT2D eigenvalue weighted by atomic mass is 16.6. The predicted octanol–water partition coefficient (Wildman–Crippen LogP) is 6.14. The third kappa shape index (κ3) is 3.27. The van der Waals surface area contributed by atoms with E-state index in [9.17, 15) is 9.90 Å². The Hall–Kier alpha value is -3.11. The minimum absolute atomic E-state index is 0.00508. The van der Waals surface area contributed by atoms with Crippen LogP contribution in [0.3, 0.4) is 0 Å². The van der Waals surface area contributed by atoms with E-state index in [-0.39, 0.29) is 30.2 Å². The van der Waals surface area contributed by atoms with Gasteiger partial charge < -0.3 is 14.7 Å². The van der Waals surface area contributed by atoms with Crippen molar-refractivity contribution in [3.05, 3.63) is 95.1 Å². The van der Waals surface area contributed by atoms with E-state index in [1.807, 2.05) is 35.2 Å². The van der Waals surface area contributed by atoms with Crippen LogP contribution in [-0.4, -0.2) is 28.2 Å². The maximum atomic E-state index is 13.0. The van der Waals surface area contributed by atoms with Crippen LogP contribution in [0, 0.1) is 0 Å². The molecule has 4 heteroatoms. The highest BCUT2D eigenvalue weighted by molar-refractivity contribution is 5.81. The second kappa shape index (κ2) is 7.71. The molecule has 3 aromatic carbocycles. The molecular weight excluding hydrogens is 422 g/mol. The van der Waals surface area contributed by atoms with Gasteiger partial charge in [-0.2, -0.15) is 0 Å². The van der Waals surface area contributed by atoms with Gasteiger partial charge in [0, 0.05) is 30.3 Å². The number of aliphatic hydroxyl groups is 1. The Morgan fingerprint density at radius 2 is 1.56 bits per heavy atom. The molecule has 0 radical (unpaired) electrons. The van der Waals surface area contributed by atoms with Crippen LogP contribution in [0.4, 0.5) is 4.79 Å². The molecule has 2 heterocycles. The molecule has 2 atom stereocenters. The van der Waals surface area contributed by atoms with Gasteiger partial charge in [0.1, 0.15) is 6.61 Å². The summed E-state index contributed by atoms with van der Waals surface area (Å²) in [4.78, 5) is 14.9. The fourth-order valence-corrected chi connectivity index (χ4v) is 6.55. The molecule has 34 heavy (non-hydrogen) atoms. The lowest BCUT2D eigenvalue weighted by Gasteiger charge is -2.43. The molecule has 0 saturated carbocycles. The quantitative estimate of drug-likeness (QED) is 0.518. The highest BCUT2D eigenvalue weighted by Crippen LogP contribution is 2.51. The number of amides is 1. The second-order valence-corrected chi connectivity index (χ2v) is 10.7. The molecule has 3 aromatic rings. The summed E-state index contributed by atoms with van der Waals surface area (Å²) in [6.45, 7) is 4.81. The molecule has 2 bridgehead atoms. The maximum absolute atomic E-state index is 13.0. The lowest BCUT2D eigenvalue weighted by Crippen LogP contribution is -2.52. The van der Waals surface area contributed by atoms with Gasteiger partial charge in [-0.25, -0.2) is 4.79 Å². The molecule has 4 nitrogen and oxygen atoms in total. The molecule has 1 amide bonds. The number of hydrogen-bond donors (Lipinski definition) is 1. The normalized spacial score (nSPS) is 26.1. The lowest BCUT2D eigenvalue weighted by atomic mass is 9.77. The van der Waals surface area contributed by atoms with Crippen LogP contribution in [0.5, 0.6) is 0 Å². The van der Waals surface area contributed by atoms with Crippen LogP contribution in [0.25, 0.3) is 11.1 Å². The first-order valence-corrected chi connectivity index (χ1v) is 12.3. The zero-order chi connectivity index (χ0) is 23.5. The minimum Gasteiger partial charge on any atom is -0.445 e. The number of piperidine rings is 1. The van der Waals surface area contributed by atoms with E-state index in [0.29, 0.717) is 12.8 Å². The van der Waals surface area contributed by atoms with Gasteiger partial charge in [0.25, 0.3) is 0 Å². The van der Waals surface area contributed by atoms with Crippen molar-refractivity contribution in [2.24, 2.45) is 0 Å². The maximum Gasteiger partial charge on any atom is 0.410 e. The molecular formula is C30H31NO3. The number of benzene rings is 3. The summed E-state index contributed by atoms with van der Waals surface area (Å²) in [5, 5.41) is 11.9. The Kier molecular flexibility index (Phi) is 4.86. The standard InChI is InChI=1S/C30H31NO3/c1-29(2)26-11-7-6-10-24(26)25-15-12-21(16-27(25)29)30(33)17-22-13-14-23(18-30)31(22)28(32)34-19-20-8-4-3-5-9-20/h3-12,15-16,22-23,33H,13-14,17-19H2,1-2H3. The van der Waals surface area contributed by atoms with Gasteiger partial charge in [-0.3, -0.25) is 0 Å². The summed E-state index contributed by atoms with van der Waals surface area (Å²) in [6, 6.07) is 24.9. The Morgan fingerprint density at radius 1 is 0.912 bits per heavy atom. The summed E-state index contributed by atoms with van der Waals surface area (Å²) in [5.41, 5.74) is 6.10. The molecule has 2 unspecified atom stereocenters. The number of fused-ring (bicyclic) bond motifs is 5. The van der Waals surface area contributed by atoms with Gasteiger partial charge in [-0.1, -0.05) is 86.6 Å². The molecule has 1 aliphatic carbocycles. The predicted molar refractivity (Wildman–Crippen MR) is 132 cm³/mol. The van der Waals surface area contributed by atoms with E-state index in [0.717, 1.165) is 24.0 Å². The molecule has 2 aliphatic heterocycles. The van der Waals surface area contributed by atoms with Crippen LogP contribution in [0.15, 0.2) is 72.8 Å². The van der Waals surface area contributed by atoms with Crippen LogP contribution in [-0.2, 0) is 22.4 Å². The van der Waals surface area contributed by atoms with E-state index in [2.05, 4.69) is 56.3 Å². The van der Waals surface area contributed by atoms with Crippen LogP contribution < -0.4 is 0 Å². The summed E-state index contributed by atoms with van der Waals surface area (Å²) in [5.74, 6) is 0. The van der Waals surface area contributed by atoms with Crippen LogP contribution >= 0.6 is 0 Å². The molecule has 1 N–H and O–H groups in total. The van der Waals surface area contributed by atoms with Crippen molar-refractivity contribution in [3.63, 3.8) is 0 Å². The van der Waals surface area contributed by atoms with Crippen molar-refractivity contribution < 1.29 is 14.6 Å². The number of hydrogen-bond acceptors (Lipinski definition) is 3. The zero-order valence-corrected chi connectivity index (χ0v) is 19.8. The van der Waals surface area contributed by atoms with E-state index >= 15 is 0 Å². The largest absolute Gasteiger partial charge is 0.445 e. The van der Waals surface area contributed by atoms with Crippen molar-refractivity contribution in [2.45, 2.75) is 69.2 Å². The van der Waals surface area contributed by atoms with Gasteiger partial charge in [0.2, 0.25) is 0 Å². The first-order chi connectivity index (χ1) is 16.4. The molecule has 0 spiro atoms. The summed E-state index contributed by atoms with van der Waals surface area (Å²) < 4.78 is 5.65. The lowest BCUT2D eigenvalue weighted by molar-refractivity contribution is -0.0537. The first-order valence-electron chi connectivity index (χ1n) is 12.3. The molecule has 174 valence electrons. The van der Waals surface area contributed by atoms with Crippen molar-refractivity contribution in [3.8, 4) is 11.1 Å². The number of nitrogens with zero attached hydrogens (tertiary/aromatic N) is 1. The van der Waals surface area contributed by atoms with E-state index < -0.39 is 5.60 Å². The van der Waals surface area contributed by atoms with Crippen molar-refractivity contribution >= 4 is 6.09 Å². The fraction of sp³-hybridized carbons (Fsp3) is 0.367. The third-order valence-corrected chi connectivity index (χ3v) is 8.30. The Labute approximate surface area is 201 Å². The Morgan fingerprint density at radius 3 is 2.29 bits per heavy atom. The number of ether oxygens (including phenoxy) is 1. The van der Waals surface area contributed by atoms with E-state index in [1.165, 1.54) is 22.3 Å². The van der Waals surface area contributed by atoms with Crippen LogP contribution in [0.1, 0.15) is 61.8 Å². The zero-order valence-electron chi connectivity index (χ0n) is 19.8. The molecule has 2 saturated heterocycles. The van der Waals surface area contributed by atoms with Gasteiger partial charge in [-0.05, 0) is 46.2 Å². The molecule has 0 aromatic heterocycles. The fourth-order valence-electron chi connectivity index (χ4n) is 6.55. The summed E-state index contributed by atoms with van der Waals surface area (Å²) in [7, 11) is 0. The van der Waals surface area contributed by atoms with Crippen molar-refractivity contribution in [1.29, 1.82) is 0 Å². The number of rotatable bonds is 3. The smallest absolute Gasteiger partial charge is 0.410 e. The Balaban J connectivity index is 1.23. The summed E-state index contributed by atoms with van der Waals surface area (Å²) in [6.07, 6.45) is 2.67. The SMILES string of the molecule is CC1(C)c2ccccc2-c2ccc(C3(O)CC4CCC(C3)N4C(=O)OCc3ccccc3)cc21.